The molecular weight excluding hydrogens is 457 g/mol. The predicted molar refractivity (Wildman–Crippen MR) is 123 cm³/mol. The van der Waals surface area contributed by atoms with Gasteiger partial charge in [-0.3, -0.25) is 9.67 Å². The van der Waals surface area contributed by atoms with Gasteiger partial charge >= 0.3 is 0 Å². The van der Waals surface area contributed by atoms with E-state index in [1.807, 2.05) is 36.6 Å². The molecule has 0 bridgehead atoms. The molecule has 0 fully saturated rings. The summed E-state index contributed by atoms with van der Waals surface area (Å²) in [7, 11) is 3.81. The molecule has 0 radical (unpaired) electrons. The smallest absolute Gasteiger partial charge is 0.191 e. The number of nitrogens with one attached hydrogen (secondary N) is 2. The van der Waals surface area contributed by atoms with Crippen molar-refractivity contribution in [1.82, 2.24) is 20.4 Å². The number of nitrogens with zero attached hydrogens (tertiary/aromatic N) is 3. The molecule has 7 heteroatoms. The van der Waals surface area contributed by atoms with Gasteiger partial charge in [-0.05, 0) is 44.9 Å². The molecule has 1 aromatic carbocycles. The molecule has 1 atom stereocenters. The Morgan fingerprint density at radius 1 is 1.27 bits per heavy atom. The summed E-state index contributed by atoms with van der Waals surface area (Å²) in [5, 5.41) is 11.4. The predicted octanol–water partition coefficient (Wildman–Crippen LogP) is 3.54. The number of rotatable bonds is 7. The highest BCUT2D eigenvalue weighted by atomic mass is 127. The molecule has 1 unspecified atom stereocenters. The molecule has 26 heavy (non-hydrogen) atoms. The summed E-state index contributed by atoms with van der Waals surface area (Å²) < 4.78 is 1.95. The van der Waals surface area contributed by atoms with Crippen LogP contribution in [-0.4, -0.2) is 41.1 Å². The molecule has 0 spiro atoms. The van der Waals surface area contributed by atoms with Crippen molar-refractivity contribution in [3.05, 3.63) is 47.3 Å². The second-order valence-corrected chi connectivity index (χ2v) is 7.35. The van der Waals surface area contributed by atoms with Crippen molar-refractivity contribution in [2.75, 3.05) is 19.3 Å². The van der Waals surface area contributed by atoms with E-state index in [-0.39, 0.29) is 30.0 Å². The van der Waals surface area contributed by atoms with Crippen molar-refractivity contribution in [2.24, 2.45) is 12.0 Å². The molecule has 2 N–H and O–H groups in total. The average molecular weight is 487 g/mol. The Balaban J connectivity index is 0.00000338. The van der Waals surface area contributed by atoms with Crippen LogP contribution in [0.15, 0.2) is 40.2 Å². The fraction of sp³-hybridized carbons (Fsp3) is 0.474. The van der Waals surface area contributed by atoms with Crippen LogP contribution in [0.25, 0.3) is 0 Å². The molecule has 2 aromatic rings. The van der Waals surface area contributed by atoms with Crippen LogP contribution in [0, 0.1) is 13.8 Å². The van der Waals surface area contributed by atoms with E-state index in [1.54, 1.807) is 0 Å². The van der Waals surface area contributed by atoms with Gasteiger partial charge in [0.05, 0.1) is 5.69 Å². The lowest BCUT2D eigenvalue weighted by Gasteiger charge is -2.18. The molecular formula is C19H30IN5S. The Hall–Kier alpha value is -1.22. The normalized spacial score (nSPS) is 12.4. The molecule has 0 amide bonds. The lowest BCUT2D eigenvalue weighted by Crippen LogP contribution is -2.43. The van der Waals surface area contributed by atoms with Crippen LogP contribution >= 0.6 is 35.7 Å². The van der Waals surface area contributed by atoms with Gasteiger partial charge in [0.2, 0.25) is 0 Å². The summed E-state index contributed by atoms with van der Waals surface area (Å²) in [5.74, 6) is 1.85. The molecule has 0 aliphatic rings. The third-order valence-corrected chi connectivity index (χ3v) is 5.20. The Morgan fingerprint density at radius 2 is 1.96 bits per heavy atom. The number of aliphatic imine (C=N–C) groups is 1. The first-order valence-corrected chi connectivity index (χ1v) is 9.64. The second kappa shape index (κ2) is 11.5. The molecule has 5 nitrogen and oxygen atoms in total. The van der Waals surface area contributed by atoms with Crippen LogP contribution in [0.2, 0.25) is 0 Å². The summed E-state index contributed by atoms with van der Waals surface area (Å²) in [5.41, 5.74) is 3.65. The Kier molecular flexibility index (Phi) is 10.1. The number of hydrogen-bond acceptors (Lipinski definition) is 3. The van der Waals surface area contributed by atoms with Gasteiger partial charge in [-0.15, -0.1) is 35.7 Å². The minimum absolute atomic E-state index is 0. The van der Waals surface area contributed by atoms with Crippen LogP contribution in [0.1, 0.15) is 23.9 Å². The summed E-state index contributed by atoms with van der Waals surface area (Å²) in [4.78, 5) is 5.62. The number of thioether (sulfide) groups is 1. The maximum Gasteiger partial charge on any atom is 0.191 e. The van der Waals surface area contributed by atoms with Gasteiger partial charge < -0.3 is 10.6 Å². The van der Waals surface area contributed by atoms with E-state index in [4.69, 9.17) is 0 Å². The second-order valence-electron chi connectivity index (χ2n) is 6.18. The Labute approximate surface area is 178 Å². The van der Waals surface area contributed by atoms with Crippen molar-refractivity contribution in [3.8, 4) is 0 Å². The lowest BCUT2D eigenvalue weighted by atomic mass is 10.1. The lowest BCUT2D eigenvalue weighted by molar-refractivity contribution is 0.638. The van der Waals surface area contributed by atoms with E-state index in [0.29, 0.717) is 0 Å². The number of aryl methyl sites for hydroxylation is 2. The van der Waals surface area contributed by atoms with Gasteiger partial charge in [0.15, 0.2) is 5.96 Å². The topological polar surface area (TPSA) is 54.2 Å². The van der Waals surface area contributed by atoms with Crippen LogP contribution in [0.4, 0.5) is 0 Å². The molecule has 1 aromatic heterocycles. The highest BCUT2D eigenvalue weighted by molar-refractivity contribution is 14.0. The van der Waals surface area contributed by atoms with Gasteiger partial charge in [0.1, 0.15) is 0 Å². The third-order valence-electron chi connectivity index (χ3n) is 4.18. The highest BCUT2D eigenvalue weighted by Gasteiger charge is 2.13. The van der Waals surface area contributed by atoms with E-state index in [1.165, 1.54) is 16.2 Å². The van der Waals surface area contributed by atoms with Crippen LogP contribution in [-0.2, 0) is 13.5 Å². The first-order valence-electron chi connectivity index (χ1n) is 8.65. The molecule has 1 heterocycles. The van der Waals surface area contributed by atoms with Crippen molar-refractivity contribution >= 4 is 41.7 Å². The highest BCUT2D eigenvalue weighted by Crippen LogP contribution is 2.16. The molecule has 0 saturated carbocycles. The van der Waals surface area contributed by atoms with Crippen molar-refractivity contribution < 1.29 is 0 Å². The number of guanidine groups is 1. The van der Waals surface area contributed by atoms with Gasteiger partial charge in [0, 0.05) is 43.0 Å². The molecule has 144 valence electrons. The zero-order valence-electron chi connectivity index (χ0n) is 16.2. The monoisotopic (exact) mass is 487 g/mol. The van der Waals surface area contributed by atoms with E-state index in [9.17, 15) is 0 Å². The SMILES string of the molecule is CN=C(NCCSc1ccccc1)NC(C)Cc1c(C)nn(C)c1C.I. The maximum absolute atomic E-state index is 4.49. The Bertz CT molecular complexity index is 699. The summed E-state index contributed by atoms with van der Waals surface area (Å²) in [6.45, 7) is 7.24. The number of hydrogen-bond donors (Lipinski definition) is 2. The van der Waals surface area contributed by atoms with Gasteiger partial charge in [-0.1, -0.05) is 18.2 Å². The molecule has 0 saturated heterocycles. The van der Waals surface area contributed by atoms with Crippen molar-refractivity contribution in [3.63, 3.8) is 0 Å². The van der Waals surface area contributed by atoms with E-state index >= 15 is 0 Å². The number of halogens is 1. The first-order chi connectivity index (χ1) is 12.0. The zero-order valence-corrected chi connectivity index (χ0v) is 19.4. The van der Waals surface area contributed by atoms with E-state index in [0.717, 1.165) is 30.4 Å². The molecule has 2 rings (SSSR count). The summed E-state index contributed by atoms with van der Waals surface area (Å²) in [6.07, 6.45) is 0.935. The minimum atomic E-state index is 0. The maximum atomic E-state index is 4.49. The third kappa shape index (κ3) is 6.83. The molecule has 0 aliphatic heterocycles. The molecule has 0 aliphatic carbocycles. The van der Waals surface area contributed by atoms with E-state index < -0.39 is 0 Å². The first kappa shape index (κ1) is 22.8. The van der Waals surface area contributed by atoms with Gasteiger partial charge in [-0.25, -0.2) is 0 Å². The van der Waals surface area contributed by atoms with Crippen LogP contribution < -0.4 is 10.6 Å². The minimum Gasteiger partial charge on any atom is -0.356 e. The zero-order chi connectivity index (χ0) is 18.2. The average Bonchev–Trinajstić information content (AvgIpc) is 2.84. The van der Waals surface area contributed by atoms with Crippen LogP contribution in [0.5, 0.6) is 0 Å². The number of aromatic nitrogens is 2. The van der Waals surface area contributed by atoms with Crippen LogP contribution in [0.3, 0.4) is 0 Å². The quantitative estimate of drug-likeness (QED) is 0.206. The van der Waals surface area contributed by atoms with Crippen molar-refractivity contribution in [2.45, 2.75) is 38.1 Å². The summed E-state index contributed by atoms with van der Waals surface area (Å²) in [6, 6.07) is 10.7. The fourth-order valence-electron chi connectivity index (χ4n) is 2.75. The number of benzene rings is 1. The standard InChI is InChI=1S/C19H29N5S.HI/c1-14(13-18-15(2)23-24(5)16(18)3)22-19(20-4)21-11-12-25-17-9-7-6-8-10-17;/h6-10,14H,11-13H2,1-5H3,(H2,20,21,22);1H. The fourth-order valence-corrected chi connectivity index (χ4v) is 3.54. The van der Waals surface area contributed by atoms with E-state index in [2.05, 4.69) is 65.8 Å². The largest absolute Gasteiger partial charge is 0.356 e. The van der Waals surface area contributed by atoms with Crippen molar-refractivity contribution in [1.29, 1.82) is 0 Å². The summed E-state index contributed by atoms with van der Waals surface area (Å²) >= 11 is 1.84. The Morgan fingerprint density at radius 3 is 2.54 bits per heavy atom. The van der Waals surface area contributed by atoms with Gasteiger partial charge in [-0.2, -0.15) is 5.10 Å². The van der Waals surface area contributed by atoms with Gasteiger partial charge in [0.25, 0.3) is 0 Å².